The first-order valence-electron chi connectivity index (χ1n) is 28.4. The van der Waals surface area contributed by atoms with Crippen LogP contribution in [0.4, 0.5) is 0 Å². The van der Waals surface area contributed by atoms with Crippen molar-refractivity contribution in [3.8, 4) is 0 Å². The average Bonchev–Trinajstić information content (AvgIpc) is 3.33. The maximum atomic E-state index is 12.8. The van der Waals surface area contributed by atoms with Crippen LogP contribution in [-0.4, -0.2) is 37.2 Å². The van der Waals surface area contributed by atoms with Crippen LogP contribution in [0.15, 0.2) is 72.9 Å². The summed E-state index contributed by atoms with van der Waals surface area (Å²) in [5.41, 5.74) is 0. The van der Waals surface area contributed by atoms with Gasteiger partial charge in [0.1, 0.15) is 13.2 Å². The van der Waals surface area contributed by atoms with Crippen molar-refractivity contribution in [3.63, 3.8) is 0 Å². The van der Waals surface area contributed by atoms with E-state index >= 15 is 0 Å². The van der Waals surface area contributed by atoms with Crippen molar-refractivity contribution in [3.05, 3.63) is 72.9 Å². The molecule has 6 nitrogen and oxygen atoms in total. The Morgan fingerprint density at radius 2 is 0.597 bits per heavy atom. The lowest BCUT2D eigenvalue weighted by molar-refractivity contribution is -0.167. The fraction of sp³-hybridized carbons (Fsp3) is 0.754. The van der Waals surface area contributed by atoms with Gasteiger partial charge in [-0.3, -0.25) is 14.4 Å². The molecule has 0 fully saturated rings. The average molecular weight is 936 g/mol. The number of hydrogen-bond donors (Lipinski definition) is 0. The first-order valence-corrected chi connectivity index (χ1v) is 28.4. The van der Waals surface area contributed by atoms with Crippen molar-refractivity contribution >= 4 is 17.9 Å². The summed E-state index contributed by atoms with van der Waals surface area (Å²) < 4.78 is 16.8. The summed E-state index contributed by atoms with van der Waals surface area (Å²) in [6, 6.07) is 0. The first-order chi connectivity index (χ1) is 33.0. The SMILES string of the molecule is CC/C=C\C/C=C\C/C=C\CCCCCCCCCC(=O)OC(COC(=O)CCCCCCC/C=C\CCCC)COC(=O)CCCCCCCCCCC/C=C\C/C=C\CCCCCCC. The van der Waals surface area contributed by atoms with Crippen molar-refractivity contribution in [2.24, 2.45) is 0 Å². The lowest BCUT2D eigenvalue weighted by Gasteiger charge is -2.18. The minimum absolute atomic E-state index is 0.0840. The molecule has 0 aliphatic rings. The quantitative estimate of drug-likeness (QED) is 0.0262. The fourth-order valence-electron chi connectivity index (χ4n) is 7.88. The molecule has 0 aliphatic heterocycles. The lowest BCUT2D eigenvalue weighted by Crippen LogP contribution is -2.30. The number of unbranched alkanes of at least 4 members (excludes halogenated alkanes) is 28. The van der Waals surface area contributed by atoms with Gasteiger partial charge >= 0.3 is 17.9 Å². The van der Waals surface area contributed by atoms with E-state index in [-0.39, 0.29) is 31.1 Å². The van der Waals surface area contributed by atoms with Crippen LogP contribution in [0.2, 0.25) is 0 Å². The Kier molecular flexibility index (Phi) is 52.8. The standard InChI is InChI=1S/C61H106O6/c1-4-7-10-13-16-19-22-24-26-28-29-30-31-33-34-36-39-42-45-48-51-54-60(63)66-57-58(56-65-59(62)53-50-47-44-41-38-21-18-15-12-9-6-3)67-61(64)55-52-49-46-43-40-37-35-32-27-25-23-20-17-14-11-8-5-2/h8,11,15,17-18,20,22,24-25,27-29,58H,4-7,9-10,12-14,16,19,21,23,26,30-57H2,1-3H3/b11-8-,18-15-,20-17-,24-22-,27-25-,29-28-. The molecule has 0 aliphatic carbocycles. The lowest BCUT2D eigenvalue weighted by atomic mass is 10.1. The fourth-order valence-corrected chi connectivity index (χ4v) is 7.88. The van der Waals surface area contributed by atoms with E-state index in [0.29, 0.717) is 19.3 Å². The molecule has 1 atom stereocenters. The Labute approximate surface area is 414 Å². The molecule has 0 saturated heterocycles. The van der Waals surface area contributed by atoms with E-state index in [4.69, 9.17) is 14.2 Å². The molecule has 386 valence electrons. The Morgan fingerprint density at radius 3 is 0.970 bits per heavy atom. The summed E-state index contributed by atoms with van der Waals surface area (Å²) >= 11 is 0. The summed E-state index contributed by atoms with van der Waals surface area (Å²) in [6.07, 6.45) is 70.3. The predicted molar refractivity (Wildman–Crippen MR) is 288 cm³/mol. The minimum atomic E-state index is -0.785. The molecule has 0 amide bonds. The van der Waals surface area contributed by atoms with Crippen LogP contribution < -0.4 is 0 Å². The number of carbonyl (C=O) groups excluding carboxylic acids is 3. The number of ether oxygens (including phenoxy) is 3. The van der Waals surface area contributed by atoms with Gasteiger partial charge in [0.2, 0.25) is 0 Å². The van der Waals surface area contributed by atoms with Crippen LogP contribution >= 0.6 is 0 Å². The number of carbonyl (C=O) groups is 3. The van der Waals surface area contributed by atoms with Gasteiger partial charge in [-0.2, -0.15) is 0 Å². The third-order valence-electron chi connectivity index (χ3n) is 12.2. The van der Waals surface area contributed by atoms with Crippen molar-refractivity contribution in [2.75, 3.05) is 13.2 Å². The maximum absolute atomic E-state index is 12.8. The predicted octanol–water partition coefficient (Wildman–Crippen LogP) is 19.0. The smallest absolute Gasteiger partial charge is 0.306 e. The van der Waals surface area contributed by atoms with Gasteiger partial charge in [0.15, 0.2) is 6.10 Å². The van der Waals surface area contributed by atoms with E-state index in [1.807, 2.05) is 0 Å². The topological polar surface area (TPSA) is 78.9 Å². The van der Waals surface area contributed by atoms with Crippen molar-refractivity contribution in [2.45, 2.75) is 284 Å². The highest BCUT2D eigenvalue weighted by molar-refractivity contribution is 5.71. The summed E-state index contributed by atoms with van der Waals surface area (Å²) in [7, 11) is 0. The van der Waals surface area contributed by atoms with Crippen molar-refractivity contribution in [1.82, 2.24) is 0 Å². The Morgan fingerprint density at radius 1 is 0.313 bits per heavy atom. The van der Waals surface area contributed by atoms with Gasteiger partial charge in [-0.05, 0) is 103 Å². The van der Waals surface area contributed by atoms with Crippen molar-refractivity contribution in [1.29, 1.82) is 0 Å². The highest BCUT2D eigenvalue weighted by Gasteiger charge is 2.19. The van der Waals surface area contributed by atoms with E-state index in [0.717, 1.165) is 96.3 Å². The first kappa shape index (κ1) is 63.8. The van der Waals surface area contributed by atoms with Crippen LogP contribution in [0.3, 0.4) is 0 Å². The molecule has 0 bridgehead atoms. The summed E-state index contributed by atoms with van der Waals surface area (Å²) in [5, 5.41) is 0. The van der Waals surface area contributed by atoms with E-state index in [9.17, 15) is 14.4 Å². The van der Waals surface area contributed by atoms with E-state index in [1.165, 1.54) is 141 Å². The highest BCUT2D eigenvalue weighted by atomic mass is 16.6. The van der Waals surface area contributed by atoms with Gasteiger partial charge in [0, 0.05) is 19.3 Å². The van der Waals surface area contributed by atoms with Crippen LogP contribution in [-0.2, 0) is 28.6 Å². The molecule has 0 aromatic carbocycles. The molecular weight excluding hydrogens is 829 g/mol. The Balaban J connectivity index is 4.34. The molecular formula is C61H106O6. The highest BCUT2D eigenvalue weighted by Crippen LogP contribution is 2.15. The second kappa shape index (κ2) is 55.4. The molecule has 0 heterocycles. The number of esters is 3. The number of hydrogen-bond acceptors (Lipinski definition) is 6. The third-order valence-corrected chi connectivity index (χ3v) is 12.2. The van der Waals surface area contributed by atoms with Crippen LogP contribution in [0.25, 0.3) is 0 Å². The molecule has 0 N–H and O–H groups in total. The van der Waals surface area contributed by atoms with Crippen LogP contribution in [0, 0.1) is 0 Å². The van der Waals surface area contributed by atoms with Gasteiger partial charge in [0.25, 0.3) is 0 Å². The summed E-state index contributed by atoms with van der Waals surface area (Å²) in [5.74, 6) is -0.902. The normalized spacial score (nSPS) is 12.6. The third kappa shape index (κ3) is 53.7. The van der Waals surface area contributed by atoms with Crippen LogP contribution in [0.1, 0.15) is 278 Å². The molecule has 6 heteroatoms. The Hall–Kier alpha value is -3.15. The zero-order valence-corrected chi connectivity index (χ0v) is 44.2. The minimum Gasteiger partial charge on any atom is -0.462 e. The van der Waals surface area contributed by atoms with Gasteiger partial charge < -0.3 is 14.2 Å². The van der Waals surface area contributed by atoms with E-state index in [1.54, 1.807) is 0 Å². The van der Waals surface area contributed by atoms with Gasteiger partial charge in [-0.25, -0.2) is 0 Å². The summed E-state index contributed by atoms with van der Waals surface area (Å²) in [6.45, 7) is 6.48. The van der Waals surface area contributed by atoms with Gasteiger partial charge in [-0.15, -0.1) is 0 Å². The zero-order valence-electron chi connectivity index (χ0n) is 44.2. The molecule has 1 unspecified atom stereocenters. The number of rotatable bonds is 51. The largest absolute Gasteiger partial charge is 0.462 e. The molecule has 0 spiro atoms. The van der Waals surface area contributed by atoms with Crippen LogP contribution in [0.5, 0.6) is 0 Å². The van der Waals surface area contributed by atoms with E-state index < -0.39 is 6.10 Å². The molecule has 0 aromatic rings. The second-order valence-corrected chi connectivity index (χ2v) is 18.8. The Bertz CT molecular complexity index is 1260. The molecule has 67 heavy (non-hydrogen) atoms. The molecule has 0 aromatic heterocycles. The number of allylic oxidation sites excluding steroid dienone is 12. The summed E-state index contributed by atoms with van der Waals surface area (Å²) in [4.78, 5) is 38.1. The molecule has 0 radical (unpaired) electrons. The maximum Gasteiger partial charge on any atom is 0.306 e. The monoisotopic (exact) mass is 935 g/mol. The second-order valence-electron chi connectivity index (χ2n) is 18.8. The molecule has 0 rings (SSSR count). The molecule has 0 saturated carbocycles. The van der Waals surface area contributed by atoms with Crippen molar-refractivity contribution < 1.29 is 28.6 Å². The van der Waals surface area contributed by atoms with E-state index in [2.05, 4.69) is 93.7 Å². The van der Waals surface area contributed by atoms with Gasteiger partial charge in [-0.1, -0.05) is 229 Å². The van der Waals surface area contributed by atoms with Gasteiger partial charge in [0.05, 0.1) is 0 Å². The zero-order chi connectivity index (χ0) is 48.6.